The van der Waals surface area contributed by atoms with Gasteiger partial charge in [-0.2, -0.15) is 13.6 Å². The number of ether oxygens (including phenoxy) is 2. The quantitative estimate of drug-likeness (QED) is 0.0742. The number of phosphoric ester groups is 1. The molecule has 1 aromatic heterocycles. The van der Waals surface area contributed by atoms with E-state index in [4.69, 9.17) is 30.7 Å². The molecule has 0 aromatic carbocycles. The summed E-state index contributed by atoms with van der Waals surface area (Å²) >= 11 is 0. The van der Waals surface area contributed by atoms with E-state index in [-0.39, 0.29) is 12.2 Å². The van der Waals surface area contributed by atoms with Crippen molar-refractivity contribution in [1.82, 2.24) is 9.55 Å². The minimum atomic E-state index is -5.82. The van der Waals surface area contributed by atoms with E-state index in [1.165, 1.54) is 12.3 Å². The standard InChI is InChI=1S/C12H19N4O14P3/c13-3-1-5-26-11(28-32(22,23)30-33(24,25)29-31(19,20)21)10-7(17)6-9(27-10)16-4-2-8(14)15-12(16)18/h2,4,7,9-11,17H,5-6,13H2,(H,22,23)(H,24,25)(H2,14,15,18)(H2,19,20,21)/t7-,9+,10-,11?/m0/s1. The second-order valence-electron chi connectivity index (χ2n) is 6.10. The molecule has 1 fully saturated rings. The van der Waals surface area contributed by atoms with Gasteiger partial charge in [-0.05, 0) is 6.07 Å². The third-order valence-corrected chi connectivity index (χ3v) is 7.44. The van der Waals surface area contributed by atoms with Gasteiger partial charge >= 0.3 is 29.2 Å². The summed E-state index contributed by atoms with van der Waals surface area (Å²) in [6, 6.07) is 3.21. The van der Waals surface area contributed by atoms with Crippen LogP contribution in [0.25, 0.3) is 0 Å². The highest BCUT2D eigenvalue weighted by molar-refractivity contribution is 7.66. The largest absolute Gasteiger partial charge is 0.490 e. The SMILES string of the molecule is NC#CCOC(OP(=O)(O)OP(=O)(O)OP(=O)(O)O)[C@H]1O[C@@H](n2ccc(N)nc2=O)C[C@@H]1O. The zero-order chi connectivity index (χ0) is 25.0. The van der Waals surface area contributed by atoms with Crippen LogP contribution < -0.4 is 17.2 Å². The lowest BCUT2D eigenvalue weighted by Gasteiger charge is -2.27. The summed E-state index contributed by atoms with van der Waals surface area (Å²) in [7, 11) is -17.1. The molecule has 33 heavy (non-hydrogen) atoms. The Morgan fingerprint density at radius 1 is 1.24 bits per heavy atom. The number of phosphoric acid groups is 3. The van der Waals surface area contributed by atoms with E-state index >= 15 is 0 Å². The number of aromatic nitrogens is 2. The minimum absolute atomic E-state index is 0.0828. The second-order valence-corrected chi connectivity index (χ2v) is 10.5. The van der Waals surface area contributed by atoms with Crippen molar-refractivity contribution in [2.24, 2.45) is 5.73 Å². The number of aliphatic hydroxyl groups is 1. The summed E-state index contributed by atoms with van der Waals surface area (Å²) in [4.78, 5) is 51.7. The molecule has 2 heterocycles. The Morgan fingerprint density at radius 2 is 1.91 bits per heavy atom. The molecule has 0 amide bonds. The zero-order valence-corrected chi connectivity index (χ0v) is 18.9. The third kappa shape index (κ3) is 8.56. The predicted molar refractivity (Wildman–Crippen MR) is 104 cm³/mol. The van der Waals surface area contributed by atoms with Gasteiger partial charge in [-0.15, -0.1) is 0 Å². The molecule has 1 aliphatic rings. The predicted octanol–water partition coefficient (Wildman–Crippen LogP) is -1.92. The fraction of sp³-hybridized carbons (Fsp3) is 0.500. The van der Waals surface area contributed by atoms with Gasteiger partial charge in [0.1, 0.15) is 24.8 Å². The van der Waals surface area contributed by atoms with Gasteiger partial charge in [-0.25, -0.2) is 18.5 Å². The van der Waals surface area contributed by atoms with Crippen molar-refractivity contribution in [3.05, 3.63) is 22.7 Å². The highest BCUT2D eigenvalue weighted by atomic mass is 31.3. The summed E-state index contributed by atoms with van der Waals surface area (Å²) in [5, 5.41) is 10.3. The molecule has 3 unspecified atom stereocenters. The lowest BCUT2D eigenvalue weighted by molar-refractivity contribution is -0.182. The molecule has 6 atom stereocenters. The van der Waals surface area contributed by atoms with E-state index in [1.54, 1.807) is 0 Å². The van der Waals surface area contributed by atoms with Crippen LogP contribution in [0.1, 0.15) is 12.6 Å². The first-order valence-corrected chi connectivity index (χ1v) is 12.9. The van der Waals surface area contributed by atoms with E-state index in [2.05, 4.69) is 24.0 Å². The molecule has 9 N–H and O–H groups in total. The minimum Gasteiger partial charge on any atom is -0.390 e. The number of rotatable bonds is 10. The van der Waals surface area contributed by atoms with Gasteiger partial charge in [0.25, 0.3) is 0 Å². The number of anilines is 1. The molecule has 1 saturated heterocycles. The maximum atomic E-state index is 12.2. The lowest BCUT2D eigenvalue weighted by atomic mass is 10.1. The maximum Gasteiger partial charge on any atom is 0.490 e. The fourth-order valence-corrected chi connectivity index (χ4v) is 5.62. The molecule has 1 aliphatic heterocycles. The number of nitrogens with two attached hydrogens (primary N) is 2. The van der Waals surface area contributed by atoms with Crippen molar-refractivity contribution in [2.75, 3.05) is 12.3 Å². The van der Waals surface area contributed by atoms with Crippen LogP contribution in [-0.4, -0.2) is 59.3 Å². The molecule has 1 aromatic rings. The third-order valence-electron chi connectivity index (χ3n) is 3.64. The Bertz CT molecular complexity index is 1110. The average molecular weight is 536 g/mol. The molecular weight excluding hydrogens is 517 g/mol. The number of hydrogen-bond donors (Lipinski definition) is 7. The van der Waals surface area contributed by atoms with Gasteiger partial charge in [0, 0.05) is 18.7 Å². The smallest absolute Gasteiger partial charge is 0.390 e. The first-order valence-electron chi connectivity index (χ1n) is 8.43. The number of aliphatic hydroxyl groups excluding tert-OH is 1. The van der Waals surface area contributed by atoms with Crippen molar-refractivity contribution in [2.45, 2.75) is 31.1 Å². The topological polar surface area (TPSA) is 285 Å². The van der Waals surface area contributed by atoms with Crippen molar-refractivity contribution in [3.63, 3.8) is 0 Å². The first-order chi connectivity index (χ1) is 15.1. The van der Waals surface area contributed by atoms with Gasteiger partial charge in [0.05, 0.1) is 6.10 Å². The molecular formula is C12H19N4O14P3. The number of nitrogen functional groups attached to an aromatic ring is 1. The summed E-state index contributed by atoms with van der Waals surface area (Å²) in [6.45, 7) is -0.558. The Labute approximate surface area is 184 Å². The van der Waals surface area contributed by atoms with Crippen LogP contribution in [0.3, 0.4) is 0 Å². The highest BCUT2D eigenvalue weighted by Gasteiger charge is 2.47. The van der Waals surface area contributed by atoms with Crippen molar-refractivity contribution in [3.8, 4) is 12.0 Å². The van der Waals surface area contributed by atoms with Gasteiger partial charge in [0.15, 0.2) is 6.29 Å². The van der Waals surface area contributed by atoms with Gasteiger partial charge in [0.2, 0.25) is 0 Å². The van der Waals surface area contributed by atoms with Crippen molar-refractivity contribution < 1.29 is 61.0 Å². The van der Waals surface area contributed by atoms with Crippen LogP contribution in [0.5, 0.6) is 0 Å². The molecule has 0 saturated carbocycles. The maximum absolute atomic E-state index is 12.2. The summed E-state index contributed by atoms with van der Waals surface area (Å²) in [6.07, 6.45) is -5.36. The normalized spacial score (nSPS) is 25.4. The number of nitrogens with zero attached hydrogens (tertiary/aromatic N) is 2. The average Bonchev–Trinajstić information content (AvgIpc) is 2.99. The molecule has 21 heteroatoms. The summed E-state index contributed by atoms with van der Waals surface area (Å²) in [5.41, 5.74) is 9.55. The lowest BCUT2D eigenvalue weighted by Crippen LogP contribution is -2.38. The van der Waals surface area contributed by atoms with Gasteiger partial charge in [-0.3, -0.25) is 9.09 Å². The fourth-order valence-electron chi connectivity index (χ4n) is 2.52. The second kappa shape index (κ2) is 10.7. The Hall–Kier alpha value is -1.67. The molecule has 0 spiro atoms. The van der Waals surface area contributed by atoms with E-state index < -0.39 is 60.5 Å². The Morgan fingerprint density at radius 3 is 2.48 bits per heavy atom. The van der Waals surface area contributed by atoms with Crippen LogP contribution in [0, 0.1) is 12.0 Å². The molecule has 0 aliphatic carbocycles. The Kier molecular flexibility index (Phi) is 8.96. The molecule has 0 bridgehead atoms. The monoisotopic (exact) mass is 536 g/mol. The van der Waals surface area contributed by atoms with Gasteiger partial charge in [-0.1, -0.05) is 5.92 Å². The molecule has 2 rings (SSSR count). The van der Waals surface area contributed by atoms with Crippen molar-refractivity contribution >= 4 is 29.3 Å². The molecule has 18 nitrogen and oxygen atoms in total. The Balaban J connectivity index is 2.23. The van der Waals surface area contributed by atoms with E-state index in [9.17, 15) is 33.4 Å². The summed E-state index contributed by atoms with van der Waals surface area (Å²) < 4.78 is 57.7. The van der Waals surface area contributed by atoms with Crippen LogP contribution in [0.4, 0.5) is 5.82 Å². The van der Waals surface area contributed by atoms with Gasteiger partial charge < -0.3 is 45.6 Å². The van der Waals surface area contributed by atoms with Crippen LogP contribution in [-0.2, 0) is 36.3 Å². The zero-order valence-electron chi connectivity index (χ0n) is 16.2. The highest BCUT2D eigenvalue weighted by Crippen LogP contribution is 2.66. The molecule has 186 valence electrons. The first kappa shape index (κ1) is 27.6. The number of hydrogen-bond acceptors (Lipinski definition) is 13. The van der Waals surface area contributed by atoms with Crippen LogP contribution in [0.2, 0.25) is 0 Å². The van der Waals surface area contributed by atoms with Crippen molar-refractivity contribution in [1.29, 1.82) is 0 Å². The van der Waals surface area contributed by atoms with E-state index in [1.807, 2.05) is 6.04 Å². The van der Waals surface area contributed by atoms with E-state index in [0.717, 1.165) is 4.57 Å². The summed E-state index contributed by atoms with van der Waals surface area (Å²) in [5.74, 6) is 2.12. The van der Waals surface area contributed by atoms with Crippen LogP contribution in [0.15, 0.2) is 17.1 Å². The van der Waals surface area contributed by atoms with Crippen LogP contribution >= 0.6 is 23.5 Å². The molecule has 0 radical (unpaired) electrons. The van der Waals surface area contributed by atoms with E-state index in [0.29, 0.717) is 0 Å².